The first kappa shape index (κ1) is 16.2. The van der Waals surface area contributed by atoms with Gasteiger partial charge in [-0.25, -0.2) is 4.79 Å². The lowest BCUT2D eigenvalue weighted by molar-refractivity contribution is 0.0506. The molecule has 5 heteroatoms. The molecule has 1 amide bonds. The molecular weight excluding hydrogens is 244 g/mol. The Labute approximate surface area is 116 Å². The number of aliphatic hydroxyl groups is 1. The fraction of sp³-hybridized carbons (Fsp3) is 0.929. The van der Waals surface area contributed by atoms with E-state index in [9.17, 15) is 9.90 Å². The molecule has 0 saturated heterocycles. The van der Waals surface area contributed by atoms with Crippen LogP contribution in [0.1, 0.15) is 53.4 Å². The van der Waals surface area contributed by atoms with Crippen LogP contribution in [-0.2, 0) is 4.74 Å². The van der Waals surface area contributed by atoms with Gasteiger partial charge < -0.3 is 20.5 Å². The van der Waals surface area contributed by atoms with Crippen LogP contribution in [0.2, 0.25) is 0 Å². The average molecular weight is 272 g/mol. The molecule has 0 radical (unpaired) electrons. The molecule has 0 aromatic rings. The monoisotopic (exact) mass is 272 g/mol. The van der Waals surface area contributed by atoms with Crippen LogP contribution in [0.3, 0.4) is 0 Å². The second-order valence-electron chi connectivity index (χ2n) is 6.46. The molecule has 19 heavy (non-hydrogen) atoms. The Balaban J connectivity index is 2.17. The molecule has 0 bridgehead atoms. The summed E-state index contributed by atoms with van der Waals surface area (Å²) in [6.07, 6.45) is 3.23. The van der Waals surface area contributed by atoms with Crippen molar-refractivity contribution >= 4 is 6.09 Å². The lowest BCUT2D eigenvalue weighted by atomic mass is 9.93. The van der Waals surface area contributed by atoms with Crippen LogP contribution in [0.25, 0.3) is 0 Å². The van der Waals surface area contributed by atoms with E-state index in [2.05, 4.69) is 10.6 Å². The number of alkyl carbamates (subject to hydrolysis) is 1. The second-order valence-corrected chi connectivity index (χ2v) is 6.46. The highest BCUT2D eigenvalue weighted by Crippen LogP contribution is 2.18. The van der Waals surface area contributed by atoms with Crippen molar-refractivity contribution in [3.05, 3.63) is 0 Å². The third-order valence-electron chi connectivity index (χ3n) is 3.17. The zero-order valence-electron chi connectivity index (χ0n) is 12.5. The highest BCUT2D eigenvalue weighted by atomic mass is 16.6. The first-order valence-corrected chi connectivity index (χ1v) is 7.17. The van der Waals surface area contributed by atoms with E-state index < -0.39 is 5.60 Å². The Kier molecular flexibility index (Phi) is 6.07. The Morgan fingerprint density at radius 2 is 1.89 bits per heavy atom. The van der Waals surface area contributed by atoms with E-state index in [0.29, 0.717) is 6.04 Å². The fourth-order valence-corrected chi connectivity index (χ4v) is 2.18. The summed E-state index contributed by atoms with van der Waals surface area (Å²) in [5.41, 5.74) is -0.462. The summed E-state index contributed by atoms with van der Waals surface area (Å²) in [6.45, 7) is 8.23. The number of aliphatic hydroxyl groups excluding tert-OH is 1. The molecule has 1 saturated carbocycles. The molecular formula is C14H28N2O3. The SMILES string of the molecule is CC(CNC1CCC(O)CC1)NC(=O)OC(C)(C)C. The summed E-state index contributed by atoms with van der Waals surface area (Å²) in [5, 5.41) is 15.7. The molecule has 1 aliphatic rings. The molecule has 3 N–H and O–H groups in total. The van der Waals surface area contributed by atoms with Crippen LogP contribution in [-0.4, -0.2) is 41.5 Å². The molecule has 0 spiro atoms. The Morgan fingerprint density at radius 3 is 2.42 bits per heavy atom. The molecule has 5 nitrogen and oxygen atoms in total. The van der Waals surface area contributed by atoms with Crippen molar-refractivity contribution in [2.24, 2.45) is 0 Å². The molecule has 1 atom stereocenters. The van der Waals surface area contributed by atoms with Gasteiger partial charge in [0.1, 0.15) is 5.60 Å². The molecule has 1 rings (SSSR count). The Bertz CT molecular complexity index is 281. The first-order valence-electron chi connectivity index (χ1n) is 7.17. The minimum Gasteiger partial charge on any atom is -0.444 e. The zero-order valence-corrected chi connectivity index (χ0v) is 12.5. The van der Waals surface area contributed by atoms with E-state index in [1.54, 1.807) is 0 Å². The number of hydrogen-bond acceptors (Lipinski definition) is 4. The molecule has 112 valence electrons. The summed E-state index contributed by atoms with van der Waals surface area (Å²) in [6, 6.07) is 0.480. The van der Waals surface area contributed by atoms with Gasteiger partial charge in [0.2, 0.25) is 0 Å². The van der Waals surface area contributed by atoms with Crippen molar-refractivity contribution < 1.29 is 14.6 Å². The predicted octanol–water partition coefficient (Wildman–Crippen LogP) is 1.79. The van der Waals surface area contributed by atoms with Crippen LogP contribution in [0.4, 0.5) is 4.79 Å². The van der Waals surface area contributed by atoms with Gasteiger partial charge in [-0.15, -0.1) is 0 Å². The maximum absolute atomic E-state index is 11.6. The third-order valence-corrected chi connectivity index (χ3v) is 3.17. The minimum absolute atomic E-state index is 0.0294. The lowest BCUT2D eigenvalue weighted by Crippen LogP contribution is -2.45. The van der Waals surface area contributed by atoms with Gasteiger partial charge in [0.15, 0.2) is 0 Å². The van der Waals surface area contributed by atoms with Crippen LogP contribution in [0.15, 0.2) is 0 Å². The molecule has 1 unspecified atom stereocenters. The van der Waals surface area contributed by atoms with E-state index in [4.69, 9.17) is 4.74 Å². The average Bonchev–Trinajstić information content (AvgIpc) is 2.25. The summed E-state index contributed by atoms with van der Waals surface area (Å²) in [5.74, 6) is 0. The van der Waals surface area contributed by atoms with E-state index in [0.717, 1.165) is 32.2 Å². The number of nitrogens with one attached hydrogen (secondary N) is 2. The maximum Gasteiger partial charge on any atom is 0.407 e. The number of carbonyl (C=O) groups excluding carboxylic acids is 1. The highest BCUT2D eigenvalue weighted by molar-refractivity contribution is 5.68. The number of carbonyl (C=O) groups is 1. The minimum atomic E-state index is -0.462. The van der Waals surface area contributed by atoms with Gasteiger partial charge in [-0.2, -0.15) is 0 Å². The quantitative estimate of drug-likeness (QED) is 0.730. The summed E-state index contributed by atoms with van der Waals surface area (Å²) < 4.78 is 5.20. The van der Waals surface area contributed by atoms with Gasteiger partial charge in [-0.1, -0.05) is 0 Å². The van der Waals surface area contributed by atoms with Crippen molar-refractivity contribution in [3.63, 3.8) is 0 Å². The van der Waals surface area contributed by atoms with Crippen LogP contribution < -0.4 is 10.6 Å². The van der Waals surface area contributed by atoms with Gasteiger partial charge in [0, 0.05) is 18.6 Å². The number of amides is 1. The van der Waals surface area contributed by atoms with E-state index in [1.807, 2.05) is 27.7 Å². The van der Waals surface area contributed by atoms with Crippen LogP contribution in [0.5, 0.6) is 0 Å². The van der Waals surface area contributed by atoms with Crippen LogP contribution >= 0.6 is 0 Å². The molecule has 0 aliphatic heterocycles. The van der Waals surface area contributed by atoms with Gasteiger partial charge >= 0.3 is 6.09 Å². The van der Waals surface area contributed by atoms with Crippen LogP contribution in [0, 0.1) is 0 Å². The zero-order chi connectivity index (χ0) is 14.5. The van der Waals surface area contributed by atoms with Crippen molar-refractivity contribution in [2.75, 3.05) is 6.54 Å². The molecule has 1 fully saturated rings. The summed E-state index contributed by atoms with van der Waals surface area (Å²) >= 11 is 0. The van der Waals surface area contributed by atoms with Gasteiger partial charge in [-0.05, 0) is 53.4 Å². The number of rotatable bonds is 4. The third kappa shape index (κ3) is 7.38. The largest absolute Gasteiger partial charge is 0.444 e. The van der Waals surface area contributed by atoms with Crippen molar-refractivity contribution in [2.45, 2.75) is 77.2 Å². The smallest absolute Gasteiger partial charge is 0.407 e. The van der Waals surface area contributed by atoms with E-state index in [1.165, 1.54) is 0 Å². The Hall–Kier alpha value is -0.810. The topological polar surface area (TPSA) is 70.6 Å². The number of ether oxygens (including phenoxy) is 1. The Morgan fingerprint density at radius 1 is 1.32 bits per heavy atom. The summed E-state index contributed by atoms with van der Waals surface area (Å²) in [4.78, 5) is 11.6. The standard InChI is InChI=1S/C14H28N2O3/c1-10(16-13(18)19-14(2,3)4)9-15-11-5-7-12(17)8-6-11/h10-12,15,17H,5-9H2,1-4H3,(H,16,18). The highest BCUT2D eigenvalue weighted by Gasteiger charge is 2.20. The molecule has 0 heterocycles. The van der Waals surface area contributed by atoms with Gasteiger partial charge in [0.25, 0.3) is 0 Å². The van der Waals surface area contributed by atoms with E-state index in [-0.39, 0.29) is 18.2 Å². The molecule has 0 aromatic heterocycles. The second kappa shape index (κ2) is 7.10. The lowest BCUT2D eigenvalue weighted by Gasteiger charge is -2.28. The van der Waals surface area contributed by atoms with Gasteiger partial charge in [-0.3, -0.25) is 0 Å². The first-order chi connectivity index (χ1) is 8.76. The van der Waals surface area contributed by atoms with Crippen molar-refractivity contribution in [1.29, 1.82) is 0 Å². The predicted molar refractivity (Wildman–Crippen MR) is 75.1 cm³/mol. The van der Waals surface area contributed by atoms with Crippen molar-refractivity contribution in [3.8, 4) is 0 Å². The maximum atomic E-state index is 11.6. The normalized spacial score (nSPS) is 25.7. The van der Waals surface area contributed by atoms with E-state index >= 15 is 0 Å². The van der Waals surface area contributed by atoms with Crippen molar-refractivity contribution in [1.82, 2.24) is 10.6 Å². The molecule has 1 aliphatic carbocycles. The summed E-state index contributed by atoms with van der Waals surface area (Å²) in [7, 11) is 0. The molecule has 0 aromatic carbocycles. The van der Waals surface area contributed by atoms with Gasteiger partial charge in [0.05, 0.1) is 6.10 Å². The number of hydrogen-bond donors (Lipinski definition) is 3. The fourth-order valence-electron chi connectivity index (χ4n) is 2.18.